The number of hydrogen-bond donors (Lipinski definition) is 1. The molecule has 0 saturated carbocycles. The number of rotatable bonds is 4. The van der Waals surface area contributed by atoms with Gasteiger partial charge in [0.15, 0.2) is 11.5 Å². The number of ether oxygens (including phenoxy) is 2. The number of H-pyrrole nitrogens is 1. The molecule has 6 rings (SSSR count). The zero-order valence-electron chi connectivity index (χ0n) is 16.7. The molecular weight excluding hydrogens is 390 g/mol. The molecular formula is C25H19N3O3. The maximum absolute atomic E-state index is 13.5. The Bertz CT molecular complexity index is 1500. The largest absolute Gasteiger partial charge is 0.454 e. The summed E-state index contributed by atoms with van der Waals surface area (Å²) in [5.41, 5.74) is 3.66. The quantitative estimate of drug-likeness (QED) is 0.478. The minimum atomic E-state index is -0.0848. The monoisotopic (exact) mass is 409 g/mol. The Morgan fingerprint density at radius 2 is 1.71 bits per heavy atom. The summed E-state index contributed by atoms with van der Waals surface area (Å²) in [6.07, 6.45) is 3.42. The number of aromatic amines is 1. The first-order valence-corrected chi connectivity index (χ1v) is 10.2. The molecule has 2 aromatic heterocycles. The molecule has 0 atom stereocenters. The predicted molar refractivity (Wildman–Crippen MR) is 119 cm³/mol. The summed E-state index contributed by atoms with van der Waals surface area (Å²) in [6.45, 7) is 0.192. The van der Waals surface area contributed by atoms with Crippen LogP contribution in [-0.2, 0) is 12.8 Å². The van der Waals surface area contributed by atoms with Crippen molar-refractivity contribution in [3.63, 3.8) is 0 Å². The van der Waals surface area contributed by atoms with E-state index >= 15 is 0 Å². The van der Waals surface area contributed by atoms with Crippen LogP contribution in [0.25, 0.3) is 27.5 Å². The molecule has 0 amide bonds. The van der Waals surface area contributed by atoms with Crippen LogP contribution in [0.4, 0.5) is 0 Å². The number of hydrogen-bond acceptors (Lipinski definition) is 4. The topological polar surface area (TPSA) is 69.1 Å². The van der Waals surface area contributed by atoms with Crippen molar-refractivity contribution < 1.29 is 9.47 Å². The number of fused-ring (bicyclic) bond motifs is 3. The average molecular weight is 409 g/mol. The predicted octanol–water partition coefficient (Wildman–Crippen LogP) is 4.38. The Morgan fingerprint density at radius 1 is 0.903 bits per heavy atom. The highest BCUT2D eigenvalue weighted by atomic mass is 16.7. The number of nitrogens with one attached hydrogen (secondary N) is 1. The van der Waals surface area contributed by atoms with Crippen molar-refractivity contribution in [2.45, 2.75) is 12.8 Å². The molecule has 0 fully saturated rings. The maximum Gasteiger partial charge on any atom is 0.265 e. The molecule has 6 nitrogen and oxygen atoms in total. The van der Waals surface area contributed by atoms with Gasteiger partial charge in [-0.2, -0.15) is 0 Å². The van der Waals surface area contributed by atoms with E-state index < -0.39 is 0 Å². The van der Waals surface area contributed by atoms with E-state index in [1.54, 1.807) is 4.57 Å². The Morgan fingerprint density at radius 3 is 2.65 bits per heavy atom. The van der Waals surface area contributed by atoms with Crippen LogP contribution in [0.5, 0.6) is 11.5 Å². The van der Waals surface area contributed by atoms with Crippen LogP contribution < -0.4 is 15.0 Å². The fourth-order valence-corrected chi connectivity index (χ4v) is 4.22. The SMILES string of the molecule is O=c1c2ccccc2nc(CCc2c[nH]c3ccccc23)n1-c1ccc2c(c1)OCO2. The molecule has 31 heavy (non-hydrogen) atoms. The van der Waals surface area contributed by atoms with E-state index in [9.17, 15) is 4.79 Å². The highest BCUT2D eigenvalue weighted by Gasteiger charge is 2.18. The fraction of sp³-hybridized carbons (Fsp3) is 0.120. The third kappa shape index (κ3) is 2.95. The third-order valence-corrected chi connectivity index (χ3v) is 5.75. The van der Waals surface area contributed by atoms with Gasteiger partial charge in [-0.15, -0.1) is 0 Å². The smallest absolute Gasteiger partial charge is 0.265 e. The molecule has 0 radical (unpaired) electrons. The van der Waals surface area contributed by atoms with Crippen molar-refractivity contribution in [1.82, 2.24) is 14.5 Å². The van der Waals surface area contributed by atoms with E-state index in [0.29, 0.717) is 34.6 Å². The van der Waals surface area contributed by atoms with Crippen molar-refractivity contribution in [2.75, 3.05) is 6.79 Å². The molecule has 0 bridgehead atoms. The first-order valence-electron chi connectivity index (χ1n) is 10.2. The number of aromatic nitrogens is 3. The Labute approximate surface area is 177 Å². The van der Waals surface area contributed by atoms with Crippen LogP contribution >= 0.6 is 0 Å². The van der Waals surface area contributed by atoms with Gasteiger partial charge in [0.2, 0.25) is 6.79 Å². The normalized spacial score (nSPS) is 12.6. The highest BCUT2D eigenvalue weighted by molar-refractivity contribution is 5.83. The van der Waals surface area contributed by atoms with E-state index in [1.165, 1.54) is 10.9 Å². The number of nitrogens with zero attached hydrogens (tertiary/aromatic N) is 2. The number of aryl methyl sites for hydroxylation is 2. The molecule has 3 aromatic carbocycles. The minimum Gasteiger partial charge on any atom is -0.454 e. The minimum absolute atomic E-state index is 0.0848. The van der Waals surface area contributed by atoms with E-state index in [1.807, 2.05) is 60.8 Å². The van der Waals surface area contributed by atoms with Gasteiger partial charge in [0.25, 0.3) is 5.56 Å². The number of benzene rings is 3. The highest BCUT2D eigenvalue weighted by Crippen LogP contribution is 2.33. The summed E-state index contributed by atoms with van der Waals surface area (Å²) in [7, 11) is 0. The summed E-state index contributed by atoms with van der Waals surface area (Å²) in [6, 6.07) is 21.3. The standard InChI is InChI=1S/C25H19N3O3/c29-25-19-6-2-4-8-21(19)27-24(12-9-16-14-26-20-7-3-1-5-18(16)20)28(25)17-10-11-22-23(13-17)31-15-30-22/h1-8,10-11,13-14,26H,9,12,15H2. The first-order chi connectivity index (χ1) is 15.3. The van der Waals surface area contributed by atoms with Crippen LogP contribution in [0.3, 0.4) is 0 Å². The Hall–Kier alpha value is -4.06. The van der Waals surface area contributed by atoms with E-state index in [2.05, 4.69) is 17.1 Å². The van der Waals surface area contributed by atoms with Crippen molar-refractivity contribution in [2.24, 2.45) is 0 Å². The Balaban J connectivity index is 1.48. The third-order valence-electron chi connectivity index (χ3n) is 5.75. The van der Waals surface area contributed by atoms with Gasteiger partial charge in [-0.05, 0) is 42.3 Å². The van der Waals surface area contributed by atoms with Gasteiger partial charge >= 0.3 is 0 Å². The first kappa shape index (κ1) is 17.8. The van der Waals surface area contributed by atoms with Gasteiger partial charge in [0, 0.05) is 29.6 Å². The lowest BCUT2D eigenvalue weighted by Crippen LogP contribution is -2.24. The van der Waals surface area contributed by atoms with Gasteiger partial charge in [-0.25, -0.2) is 4.98 Å². The van der Waals surface area contributed by atoms with Crippen molar-refractivity contribution in [1.29, 1.82) is 0 Å². The van der Waals surface area contributed by atoms with Crippen molar-refractivity contribution >= 4 is 21.8 Å². The molecule has 5 aromatic rings. The summed E-state index contributed by atoms with van der Waals surface area (Å²) in [5, 5.41) is 1.79. The molecule has 0 spiro atoms. The van der Waals surface area contributed by atoms with Crippen molar-refractivity contribution in [3.05, 3.63) is 94.7 Å². The molecule has 0 aliphatic carbocycles. The molecule has 1 N–H and O–H groups in total. The second-order valence-corrected chi connectivity index (χ2v) is 7.58. The average Bonchev–Trinajstić information content (AvgIpc) is 3.44. The fourth-order valence-electron chi connectivity index (χ4n) is 4.22. The second-order valence-electron chi connectivity index (χ2n) is 7.58. The molecule has 1 aliphatic heterocycles. The van der Waals surface area contributed by atoms with Crippen LogP contribution in [0.15, 0.2) is 77.7 Å². The zero-order chi connectivity index (χ0) is 20.8. The van der Waals surface area contributed by atoms with Gasteiger partial charge in [-0.3, -0.25) is 9.36 Å². The van der Waals surface area contributed by atoms with E-state index in [4.69, 9.17) is 14.5 Å². The van der Waals surface area contributed by atoms with Crippen molar-refractivity contribution in [3.8, 4) is 17.2 Å². The van der Waals surface area contributed by atoms with Gasteiger partial charge < -0.3 is 14.5 Å². The molecule has 6 heteroatoms. The second kappa shape index (κ2) is 7.02. The van der Waals surface area contributed by atoms with Crippen LogP contribution in [-0.4, -0.2) is 21.3 Å². The van der Waals surface area contributed by atoms with Gasteiger partial charge in [0.05, 0.1) is 16.6 Å². The molecule has 3 heterocycles. The lowest BCUT2D eigenvalue weighted by Gasteiger charge is -2.14. The zero-order valence-corrected chi connectivity index (χ0v) is 16.7. The summed E-state index contributed by atoms with van der Waals surface area (Å²) in [4.78, 5) is 21.7. The lowest BCUT2D eigenvalue weighted by atomic mass is 10.1. The maximum atomic E-state index is 13.5. The van der Waals surface area contributed by atoms with E-state index in [-0.39, 0.29) is 12.4 Å². The molecule has 0 saturated heterocycles. The summed E-state index contributed by atoms with van der Waals surface area (Å²) < 4.78 is 12.7. The van der Waals surface area contributed by atoms with Gasteiger partial charge in [-0.1, -0.05) is 30.3 Å². The Kier molecular flexibility index (Phi) is 4.02. The molecule has 1 aliphatic rings. The molecule has 152 valence electrons. The molecule has 0 unspecified atom stereocenters. The lowest BCUT2D eigenvalue weighted by molar-refractivity contribution is 0.174. The number of para-hydroxylation sites is 2. The van der Waals surface area contributed by atoms with E-state index in [0.717, 1.165) is 17.6 Å². The summed E-state index contributed by atoms with van der Waals surface area (Å²) in [5.74, 6) is 2.04. The van der Waals surface area contributed by atoms with Crippen LogP contribution in [0, 0.1) is 0 Å². The van der Waals surface area contributed by atoms with Crippen LogP contribution in [0.1, 0.15) is 11.4 Å². The summed E-state index contributed by atoms with van der Waals surface area (Å²) >= 11 is 0. The van der Waals surface area contributed by atoms with Gasteiger partial charge in [0.1, 0.15) is 5.82 Å². The van der Waals surface area contributed by atoms with Crippen LogP contribution in [0.2, 0.25) is 0 Å².